The molecule has 0 aliphatic carbocycles. The predicted molar refractivity (Wildman–Crippen MR) is 114 cm³/mol. The zero-order valence-corrected chi connectivity index (χ0v) is 17.9. The van der Waals surface area contributed by atoms with Gasteiger partial charge in [0.15, 0.2) is 5.82 Å². The van der Waals surface area contributed by atoms with Gasteiger partial charge in [0.2, 0.25) is 10.0 Å². The Morgan fingerprint density at radius 1 is 1.13 bits per heavy atom. The van der Waals surface area contributed by atoms with E-state index in [1.807, 2.05) is 6.07 Å². The Morgan fingerprint density at radius 2 is 1.93 bits per heavy atom. The molecule has 2 N–H and O–H groups in total. The highest BCUT2D eigenvalue weighted by molar-refractivity contribution is 7.89. The van der Waals surface area contributed by atoms with Gasteiger partial charge in [-0.05, 0) is 43.7 Å². The number of nitrogens with zero attached hydrogens (tertiary/aromatic N) is 4. The maximum Gasteiger partial charge on any atom is 0.240 e. The molecule has 0 spiro atoms. The summed E-state index contributed by atoms with van der Waals surface area (Å²) in [4.78, 5) is 8.86. The molecule has 10 heteroatoms. The van der Waals surface area contributed by atoms with Crippen molar-refractivity contribution >= 4 is 15.8 Å². The highest BCUT2D eigenvalue weighted by Gasteiger charge is 2.13. The van der Waals surface area contributed by atoms with Gasteiger partial charge in [-0.1, -0.05) is 13.3 Å². The molecule has 30 heavy (non-hydrogen) atoms. The van der Waals surface area contributed by atoms with Gasteiger partial charge >= 0.3 is 0 Å². The number of ether oxygens (including phenoxy) is 1. The van der Waals surface area contributed by atoms with Crippen LogP contribution in [0.1, 0.15) is 25.6 Å². The molecular weight excluding hydrogens is 404 g/mol. The molecule has 0 unspecified atom stereocenters. The molecule has 3 aromatic rings. The third-order valence-electron chi connectivity index (χ3n) is 4.19. The maximum atomic E-state index is 12.5. The van der Waals surface area contributed by atoms with E-state index in [1.54, 1.807) is 54.3 Å². The highest BCUT2D eigenvalue weighted by atomic mass is 32.2. The fourth-order valence-electron chi connectivity index (χ4n) is 2.67. The summed E-state index contributed by atoms with van der Waals surface area (Å²) in [5.41, 5.74) is 0. The molecular formula is C20H26N6O3S. The zero-order chi connectivity index (χ0) is 21.4. The Morgan fingerprint density at radius 3 is 2.63 bits per heavy atom. The molecule has 2 aromatic heterocycles. The van der Waals surface area contributed by atoms with Crippen molar-refractivity contribution in [2.24, 2.45) is 0 Å². The van der Waals surface area contributed by atoms with E-state index >= 15 is 0 Å². The zero-order valence-electron chi connectivity index (χ0n) is 17.1. The van der Waals surface area contributed by atoms with Gasteiger partial charge in [-0.3, -0.25) is 0 Å². The van der Waals surface area contributed by atoms with Crippen molar-refractivity contribution in [2.45, 2.75) is 31.6 Å². The lowest BCUT2D eigenvalue weighted by Gasteiger charge is -2.11. The van der Waals surface area contributed by atoms with E-state index < -0.39 is 10.0 Å². The average Bonchev–Trinajstić information content (AvgIpc) is 3.27. The molecule has 0 saturated heterocycles. The van der Waals surface area contributed by atoms with Gasteiger partial charge in [-0.25, -0.2) is 27.8 Å². The molecule has 0 saturated carbocycles. The SMILES string of the molecule is CCCCOc1ccc(S(=O)(=O)NCCNc2cc(-n3cccn3)nc(C)n2)cc1. The quantitative estimate of drug-likeness (QED) is 0.450. The number of aromatic nitrogens is 4. The summed E-state index contributed by atoms with van der Waals surface area (Å²) in [6.07, 6.45) is 5.47. The van der Waals surface area contributed by atoms with Gasteiger partial charge in [-0.2, -0.15) is 5.10 Å². The first-order chi connectivity index (χ1) is 14.5. The Kier molecular flexibility index (Phi) is 7.36. The number of rotatable bonds is 11. The number of hydrogen-bond donors (Lipinski definition) is 2. The van der Waals surface area contributed by atoms with Gasteiger partial charge in [0.1, 0.15) is 17.4 Å². The van der Waals surface area contributed by atoms with Crippen LogP contribution in [0.2, 0.25) is 0 Å². The summed E-state index contributed by atoms with van der Waals surface area (Å²) < 4.78 is 34.7. The summed E-state index contributed by atoms with van der Waals surface area (Å²) >= 11 is 0. The third-order valence-corrected chi connectivity index (χ3v) is 5.66. The molecule has 2 heterocycles. The molecule has 3 rings (SSSR count). The van der Waals surface area contributed by atoms with Crippen LogP contribution in [0.15, 0.2) is 53.7 Å². The predicted octanol–water partition coefficient (Wildman–Crippen LogP) is 2.54. The molecule has 160 valence electrons. The van der Waals surface area contributed by atoms with Crippen LogP contribution in [0, 0.1) is 6.92 Å². The van der Waals surface area contributed by atoms with Gasteiger partial charge in [0.05, 0.1) is 11.5 Å². The number of anilines is 1. The molecule has 0 amide bonds. The minimum absolute atomic E-state index is 0.198. The van der Waals surface area contributed by atoms with Crippen molar-refractivity contribution in [1.29, 1.82) is 0 Å². The number of hydrogen-bond acceptors (Lipinski definition) is 7. The molecule has 0 fully saturated rings. The van der Waals surface area contributed by atoms with Gasteiger partial charge in [0.25, 0.3) is 0 Å². The van der Waals surface area contributed by atoms with Crippen molar-refractivity contribution in [2.75, 3.05) is 25.0 Å². The van der Waals surface area contributed by atoms with E-state index in [0.29, 0.717) is 36.4 Å². The van der Waals surface area contributed by atoms with E-state index in [1.165, 1.54) is 0 Å². The Bertz CT molecular complexity index is 1040. The van der Waals surface area contributed by atoms with Gasteiger partial charge in [0, 0.05) is 31.5 Å². The first-order valence-corrected chi connectivity index (χ1v) is 11.3. The number of benzene rings is 1. The van der Waals surface area contributed by atoms with Crippen LogP contribution in [0.5, 0.6) is 5.75 Å². The Labute approximate surface area is 176 Å². The smallest absolute Gasteiger partial charge is 0.240 e. The standard InChI is InChI=1S/C20H26N6O3S/c1-3-4-14-29-17-6-8-18(9-7-17)30(27,28)23-12-11-21-19-15-20(25-16(2)24-19)26-13-5-10-22-26/h5-10,13,15,23H,3-4,11-12,14H2,1-2H3,(H,21,24,25). The van der Waals surface area contributed by atoms with E-state index in [2.05, 4.69) is 32.0 Å². The van der Waals surface area contributed by atoms with Gasteiger partial charge in [-0.15, -0.1) is 0 Å². The number of nitrogens with one attached hydrogen (secondary N) is 2. The van der Waals surface area contributed by atoms with Crippen LogP contribution in [0.3, 0.4) is 0 Å². The number of aryl methyl sites for hydroxylation is 1. The molecule has 1 aromatic carbocycles. The fourth-order valence-corrected chi connectivity index (χ4v) is 3.70. The summed E-state index contributed by atoms with van der Waals surface area (Å²) in [5, 5.41) is 7.27. The largest absolute Gasteiger partial charge is 0.494 e. The molecule has 0 atom stereocenters. The van der Waals surface area contributed by atoms with E-state index in [-0.39, 0.29) is 11.4 Å². The fraction of sp³-hybridized carbons (Fsp3) is 0.350. The van der Waals surface area contributed by atoms with Crippen LogP contribution >= 0.6 is 0 Å². The van der Waals surface area contributed by atoms with Crippen LogP contribution < -0.4 is 14.8 Å². The Hall–Kier alpha value is -2.98. The Balaban J connectivity index is 1.52. The van der Waals surface area contributed by atoms with Crippen molar-refractivity contribution in [3.8, 4) is 11.6 Å². The van der Waals surface area contributed by atoms with Crippen LogP contribution in [0.25, 0.3) is 5.82 Å². The van der Waals surface area contributed by atoms with Crippen molar-refractivity contribution in [1.82, 2.24) is 24.5 Å². The lowest BCUT2D eigenvalue weighted by atomic mass is 10.3. The molecule has 0 aliphatic heterocycles. The second-order valence-electron chi connectivity index (χ2n) is 6.61. The maximum absolute atomic E-state index is 12.5. The van der Waals surface area contributed by atoms with Crippen molar-refractivity contribution in [3.05, 3.63) is 54.6 Å². The first-order valence-electron chi connectivity index (χ1n) is 9.80. The lowest BCUT2D eigenvalue weighted by Crippen LogP contribution is -2.29. The molecule has 0 bridgehead atoms. The van der Waals surface area contributed by atoms with E-state index in [9.17, 15) is 8.42 Å². The molecule has 9 nitrogen and oxygen atoms in total. The van der Waals surface area contributed by atoms with Crippen molar-refractivity contribution < 1.29 is 13.2 Å². The minimum Gasteiger partial charge on any atom is -0.494 e. The number of unbranched alkanes of at least 4 members (excludes halogenated alkanes) is 1. The first kappa shape index (κ1) is 21.7. The van der Waals surface area contributed by atoms with Gasteiger partial charge < -0.3 is 10.1 Å². The van der Waals surface area contributed by atoms with Crippen molar-refractivity contribution in [3.63, 3.8) is 0 Å². The number of sulfonamides is 1. The summed E-state index contributed by atoms with van der Waals surface area (Å²) in [6.45, 7) is 5.07. The molecule has 0 radical (unpaired) electrons. The third kappa shape index (κ3) is 6.01. The van der Waals surface area contributed by atoms with E-state index in [4.69, 9.17) is 4.74 Å². The van der Waals surface area contributed by atoms with E-state index in [0.717, 1.165) is 12.8 Å². The lowest BCUT2D eigenvalue weighted by molar-refractivity contribution is 0.309. The monoisotopic (exact) mass is 430 g/mol. The van der Waals surface area contributed by atoms with Crippen LogP contribution in [-0.4, -0.2) is 47.9 Å². The normalized spacial score (nSPS) is 11.4. The minimum atomic E-state index is -3.60. The topological polar surface area (TPSA) is 111 Å². The van der Waals surface area contributed by atoms with Crippen LogP contribution in [-0.2, 0) is 10.0 Å². The summed E-state index contributed by atoms with van der Waals surface area (Å²) in [5.74, 6) is 2.49. The summed E-state index contributed by atoms with van der Waals surface area (Å²) in [6, 6.07) is 9.99. The second kappa shape index (κ2) is 10.2. The highest BCUT2D eigenvalue weighted by Crippen LogP contribution is 2.16. The second-order valence-corrected chi connectivity index (χ2v) is 8.37. The average molecular weight is 431 g/mol. The van der Waals surface area contributed by atoms with Crippen LogP contribution in [0.4, 0.5) is 5.82 Å². The summed E-state index contributed by atoms with van der Waals surface area (Å²) in [7, 11) is -3.60. The molecule has 0 aliphatic rings.